The SMILES string of the molecule is CCCCCCCCC/C=C\CCCCCCCC(=O)OCCCCCCCCCCCCC/C=C\C/C=C\CCCCCCCCCCCCCCCCCCCC(=O)NC(CO)C(O)/C=C/CCCCCCCCCCCCCCCCCCCCC. The Balaban J connectivity index is 3.39. The number of unbranched alkanes of at least 4 members (excludes halogenated alkanes) is 59. The molecule has 0 aromatic rings. The van der Waals surface area contributed by atoms with E-state index in [9.17, 15) is 19.8 Å². The van der Waals surface area contributed by atoms with Crippen LogP contribution in [0.15, 0.2) is 48.6 Å². The van der Waals surface area contributed by atoms with Gasteiger partial charge in [-0.1, -0.05) is 390 Å². The number of esters is 1. The standard InChI is InChI=1S/C83H157NO5/c1-3-5-7-9-11-13-15-17-19-21-22-38-41-44-47-51-55-59-63-67-71-75-81(86)80(79-85)84-82(87)76-72-68-64-60-56-52-48-45-42-39-36-34-32-30-28-26-24-23-25-27-29-31-33-35-37-40-43-46-50-54-58-62-66-70-74-78-89-83(88)77-73-69-65-61-57-53-49-20-18-16-14-12-10-8-6-4-2/h20,25,27,31,33,49,71,75,80-81,85-86H,3-19,21-24,26,28-30,32,34-48,50-70,72-74,76-79H2,1-2H3,(H,84,87)/b27-25-,33-31-,49-20-,75-71+. The maximum atomic E-state index is 12.5. The molecule has 2 unspecified atom stereocenters. The molecule has 2 atom stereocenters. The number of hydrogen-bond acceptors (Lipinski definition) is 5. The molecule has 0 radical (unpaired) electrons. The lowest BCUT2D eigenvalue weighted by Gasteiger charge is -2.20. The normalized spacial score (nSPS) is 12.7. The van der Waals surface area contributed by atoms with Crippen molar-refractivity contribution in [3.05, 3.63) is 48.6 Å². The van der Waals surface area contributed by atoms with Gasteiger partial charge in [-0.15, -0.1) is 0 Å². The molecular weight excluding hydrogens is 1090 g/mol. The second-order valence-electron chi connectivity index (χ2n) is 27.7. The van der Waals surface area contributed by atoms with Crippen molar-refractivity contribution in [2.24, 2.45) is 0 Å². The Morgan fingerprint density at radius 3 is 0.865 bits per heavy atom. The fourth-order valence-corrected chi connectivity index (χ4v) is 12.7. The number of amides is 1. The third-order valence-corrected chi connectivity index (χ3v) is 18.8. The molecule has 89 heavy (non-hydrogen) atoms. The van der Waals surface area contributed by atoms with Gasteiger partial charge in [-0.05, 0) is 89.9 Å². The third kappa shape index (κ3) is 74.7. The minimum atomic E-state index is -0.845. The van der Waals surface area contributed by atoms with Crippen LogP contribution in [0, 0.1) is 0 Å². The van der Waals surface area contributed by atoms with E-state index < -0.39 is 12.1 Å². The van der Waals surface area contributed by atoms with Crippen molar-refractivity contribution in [2.75, 3.05) is 13.2 Å². The first-order valence-corrected chi connectivity index (χ1v) is 40.4. The third-order valence-electron chi connectivity index (χ3n) is 18.8. The van der Waals surface area contributed by atoms with Gasteiger partial charge in [-0.2, -0.15) is 0 Å². The van der Waals surface area contributed by atoms with Gasteiger partial charge in [0.2, 0.25) is 5.91 Å². The van der Waals surface area contributed by atoms with Gasteiger partial charge in [0.15, 0.2) is 0 Å². The summed E-state index contributed by atoms with van der Waals surface area (Å²) < 4.78 is 5.50. The van der Waals surface area contributed by atoms with Crippen LogP contribution in [0.3, 0.4) is 0 Å². The van der Waals surface area contributed by atoms with Crippen molar-refractivity contribution < 1.29 is 24.5 Å². The number of allylic oxidation sites excluding steroid dienone is 7. The number of aliphatic hydroxyl groups excluding tert-OH is 2. The summed E-state index contributed by atoms with van der Waals surface area (Å²) in [6.07, 6.45) is 104. The Morgan fingerprint density at radius 2 is 0.562 bits per heavy atom. The van der Waals surface area contributed by atoms with Crippen LogP contribution < -0.4 is 5.32 Å². The molecule has 0 aromatic carbocycles. The van der Waals surface area contributed by atoms with Gasteiger partial charge in [0.1, 0.15) is 0 Å². The van der Waals surface area contributed by atoms with Crippen molar-refractivity contribution in [2.45, 2.75) is 456 Å². The quantitative estimate of drug-likeness (QED) is 0.0320. The minimum Gasteiger partial charge on any atom is -0.466 e. The minimum absolute atomic E-state index is 0.00969. The molecule has 0 saturated heterocycles. The first kappa shape index (κ1) is 86.8. The summed E-state index contributed by atoms with van der Waals surface area (Å²) in [5.41, 5.74) is 0. The zero-order valence-corrected chi connectivity index (χ0v) is 60.2. The topological polar surface area (TPSA) is 95.9 Å². The van der Waals surface area contributed by atoms with Crippen molar-refractivity contribution in [3.63, 3.8) is 0 Å². The van der Waals surface area contributed by atoms with E-state index in [1.807, 2.05) is 6.08 Å². The monoisotopic (exact) mass is 1250 g/mol. The highest BCUT2D eigenvalue weighted by molar-refractivity contribution is 5.76. The number of carbonyl (C=O) groups is 2. The molecule has 0 saturated carbocycles. The van der Waals surface area contributed by atoms with Gasteiger partial charge >= 0.3 is 5.97 Å². The van der Waals surface area contributed by atoms with Crippen LogP contribution in [0.25, 0.3) is 0 Å². The molecule has 0 heterocycles. The molecule has 0 aliphatic rings. The molecule has 0 aromatic heterocycles. The van der Waals surface area contributed by atoms with E-state index in [4.69, 9.17) is 4.74 Å². The molecule has 0 rings (SSSR count). The van der Waals surface area contributed by atoms with E-state index in [1.54, 1.807) is 6.08 Å². The first-order chi connectivity index (χ1) is 44.0. The zero-order valence-electron chi connectivity index (χ0n) is 60.2. The Hall–Kier alpha value is -2.18. The highest BCUT2D eigenvalue weighted by Crippen LogP contribution is 2.19. The average molecular weight is 1250 g/mol. The first-order valence-electron chi connectivity index (χ1n) is 40.4. The summed E-state index contributed by atoms with van der Waals surface area (Å²) >= 11 is 0. The van der Waals surface area contributed by atoms with Gasteiger partial charge in [0.05, 0.1) is 25.4 Å². The lowest BCUT2D eigenvalue weighted by Crippen LogP contribution is -2.45. The highest BCUT2D eigenvalue weighted by atomic mass is 16.5. The van der Waals surface area contributed by atoms with E-state index in [0.29, 0.717) is 19.4 Å². The summed E-state index contributed by atoms with van der Waals surface area (Å²) in [7, 11) is 0. The average Bonchev–Trinajstić information content (AvgIpc) is 3.55. The fraction of sp³-hybridized carbons (Fsp3) is 0.880. The van der Waals surface area contributed by atoms with E-state index in [1.165, 1.54) is 366 Å². The van der Waals surface area contributed by atoms with E-state index in [2.05, 4.69) is 55.6 Å². The molecule has 1 amide bonds. The number of aliphatic hydroxyl groups is 2. The van der Waals surface area contributed by atoms with Crippen LogP contribution in [0.4, 0.5) is 0 Å². The number of ether oxygens (including phenoxy) is 1. The van der Waals surface area contributed by atoms with Crippen LogP contribution in [0.5, 0.6) is 0 Å². The fourth-order valence-electron chi connectivity index (χ4n) is 12.7. The van der Waals surface area contributed by atoms with Gasteiger partial charge in [0.25, 0.3) is 0 Å². The number of rotatable bonds is 76. The second kappa shape index (κ2) is 78.3. The molecule has 0 bridgehead atoms. The van der Waals surface area contributed by atoms with Crippen LogP contribution in [-0.2, 0) is 14.3 Å². The number of nitrogens with one attached hydrogen (secondary N) is 1. The molecule has 3 N–H and O–H groups in total. The van der Waals surface area contributed by atoms with Gasteiger partial charge in [-0.25, -0.2) is 0 Å². The Labute approximate surface area is 556 Å². The summed E-state index contributed by atoms with van der Waals surface area (Å²) in [6.45, 7) is 4.94. The molecule has 0 aliphatic carbocycles. The molecule has 0 aliphatic heterocycles. The zero-order chi connectivity index (χ0) is 64.2. The van der Waals surface area contributed by atoms with Crippen LogP contribution in [0.2, 0.25) is 0 Å². The predicted octanol–water partition coefficient (Wildman–Crippen LogP) is 26.8. The number of carbonyl (C=O) groups excluding carboxylic acids is 2. The lowest BCUT2D eigenvalue weighted by molar-refractivity contribution is -0.143. The summed E-state index contributed by atoms with van der Waals surface area (Å²) in [5.74, 6) is -0.0518. The van der Waals surface area contributed by atoms with Crippen molar-refractivity contribution >= 4 is 11.9 Å². The van der Waals surface area contributed by atoms with E-state index >= 15 is 0 Å². The summed E-state index contributed by atoms with van der Waals surface area (Å²) in [5, 5.41) is 23.3. The molecular formula is C83H157NO5. The van der Waals surface area contributed by atoms with Crippen molar-refractivity contribution in [1.29, 1.82) is 0 Å². The molecule has 524 valence electrons. The molecule has 6 heteroatoms. The van der Waals surface area contributed by atoms with Crippen molar-refractivity contribution in [1.82, 2.24) is 5.32 Å². The van der Waals surface area contributed by atoms with Gasteiger partial charge in [-0.3, -0.25) is 9.59 Å². The molecule has 0 spiro atoms. The van der Waals surface area contributed by atoms with E-state index in [0.717, 1.165) is 51.4 Å². The Bertz CT molecular complexity index is 1490. The highest BCUT2D eigenvalue weighted by Gasteiger charge is 2.18. The van der Waals surface area contributed by atoms with E-state index in [-0.39, 0.29) is 18.5 Å². The van der Waals surface area contributed by atoms with Gasteiger partial charge in [0, 0.05) is 12.8 Å². The Morgan fingerprint density at radius 1 is 0.315 bits per heavy atom. The van der Waals surface area contributed by atoms with Crippen LogP contribution in [0.1, 0.15) is 444 Å². The van der Waals surface area contributed by atoms with Crippen LogP contribution in [-0.4, -0.2) is 47.4 Å². The lowest BCUT2D eigenvalue weighted by atomic mass is 10.0. The maximum absolute atomic E-state index is 12.5. The summed E-state index contributed by atoms with van der Waals surface area (Å²) in [6, 6.07) is -0.628. The molecule has 6 nitrogen and oxygen atoms in total. The largest absolute Gasteiger partial charge is 0.466 e. The smallest absolute Gasteiger partial charge is 0.305 e. The molecule has 0 fully saturated rings. The maximum Gasteiger partial charge on any atom is 0.305 e. The predicted molar refractivity (Wildman–Crippen MR) is 393 cm³/mol. The van der Waals surface area contributed by atoms with Crippen molar-refractivity contribution in [3.8, 4) is 0 Å². The second-order valence-corrected chi connectivity index (χ2v) is 27.7. The van der Waals surface area contributed by atoms with Crippen LogP contribution >= 0.6 is 0 Å². The number of hydrogen-bond donors (Lipinski definition) is 3. The Kier molecular flexibility index (Phi) is 76.3. The van der Waals surface area contributed by atoms with Gasteiger partial charge < -0.3 is 20.3 Å². The summed E-state index contributed by atoms with van der Waals surface area (Å²) in [4.78, 5) is 24.6.